The van der Waals surface area contributed by atoms with Gasteiger partial charge < -0.3 is 5.32 Å². The van der Waals surface area contributed by atoms with Crippen molar-refractivity contribution in [3.63, 3.8) is 0 Å². The fourth-order valence-electron chi connectivity index (χ4n) is 3.01. The lowest BCUT2D eigenvalue weighted by atomic mass is 9.98. The Morgan fingerprint density at radius 2 is 2.11 bits per heavy atom. The molecule has 1 unspecified atom stereocenters. The summed E-state index contributed by atoms with van der Waals surface area (Å²) >= 11 is 1.97. The second kappa shape index (κ2) is 7.30. The van der Waals surface area contributed by atoms with Gasteiger partial charge in [-0.1, -0.05) is 32.6 Å². The summed E-state index contributed by atoms with van der Waals surface area (Å²) in [6.45, 7) is 5.61. The van der Waals surface area contributed by atoms with E-state index in [1.165, 1.54) is 49.8 Å². The standard InChI is InChI=1S/C16H27NS/c1-3-12-17-15(16-11-8-13(2)18-16)10-9-14-6-4-5-7-14/h8,11,14-15,17H,3-7,9-10,12H2,1-2H3. The summed E-state index contributed by atoms with van der Waals surface area (Å²) in [4.78, 5) is 2.98. The number of aryl methyl sites for hydroxylation is 1. The highest BCUT2D eigenvalue weighted by atomic mass is 32.1. The maximum atomic E-state index is 3.73. The molecule has 1 aliphatic rings. The fraction of sp³-hybridized carbons (Fsp3) is 0.750. The van der Waals surface area contributed by atoms with Gasteiger partial charge in [-0.2, -0.15) is 0 Å². The minimum absolute atomic E-state index is 0.601. The summed E-state index contributed by atoms with van der Waals surface area (Å²) in [6, 6.07) is 5.18. The third kappa shape index (κ3) is 4.10. The van der Waals surface area contributed by atoms with Crippen LogP contribution >= 0.6 is 11.3 Å². The number of thiophene rings is 1. The minimum atomic E-state index is 0.601. The zero-order valence-corrected chi connectivity index (χ0v) is 12.7. The molecule has 0 aromatic carbocycles. The van der Waals surface area contributed by atoms with Gasteiger partial charge in [-0.05, 0) is 50.8 Å². The molecule has 0 bridgehead atoms. The van der Waals surface area contributed by atoms with Crippen LogP contribution in [-0.2, 0) is 0 Å². The van der Waals surface area contributed by atoms with E-state index < -0.39 is 0 Å². The van der Waals surface area contributed by atoms with Crippen molar-refractivity contribution in [2.45, 2.75) is 64.8 Å². The number of hydrogen-bond acceptors (Lipinski definition) is 2. The number of hydrogen-bond donors (Lipinski definition) is 1. The molecule has 1 fully saturated rings. The summed E-state index contributed by atoms with van der Waals surface area (Å²) in [5.74, 6) is 1.01. The van der Waals surface area contributed by atoms with Crippen molar-refractivity contribution >= 4 is 11.3 Å². The van der Waals surface area contributed by atoms with E-state index in [2.05, 4.69) is 31.3 Å². The molecule has 1 aromatic rings. The highest BCUT2D eigenvalue weighted by Gasteiger charge is 2.18. The zero-order valence-electron chi connectivity index (χ0n) is 11.9. The SMILES string of the molecule is CCCNC(CCC1CCCC1)c1ccc(C)s1. The third-order valence-electron chi connectivity index (χ3n) is 4.08. The van der Waals surface area contributed by atoms with Crippen LogP contribution in [0.15, 0.2) is 12.1 Å². The molecular formula is C16H27NS. The summed E-state index contributed by atoms with van der Waals surface area (Å²) in [5, 5.41) is 3.73. The molecule has 1 atom stereocenters. The Labute approximate surface area is 116 Å². The van der Waals surface area contributed by atoms with E-state index in [9.17, 15) is 0 Å². The van der Waals surface area contributed by atoms with Gasteiger partial charge in [-0.15, -0.1) is 11.3 Å². The van der Waals surface area contributed by atoms with E-state index in [1.54, 1.807) is 4.88 Å². The summed E-state index contributed by atoms with van der Waals surface area (Å²) in [6.07, 6.45) is 9.85. The van der Waals surface area contributed by atoms with E-state index in [-0.39, 0.29) is 0 Å². The first-order valence-electron chi connectivity index (χ1n) is 7.59. The molecule has 102 valence electrons. The molecule has 0 saturated heterocycles. The molecule has 2 rings (SSSR count). The smallest absolute Gasteiger partial charge is 0.0414 e. The van der Waals surface area contributed by atoms with Crippen molar-refractivity contribution in [3.05, 3.63) is 21.9 Å². The average molecular weight is 265 g/mol. The van der Waals surface area contributed by atoms with Crippen molar-refractivity contribution in [2.24, 2.45) is 5.92 Å². The fourth-order valence-corrected chi connectivity index (χ4v) is 3.99. The summed E-state index contributed by atoms with van der Waals surface area (Å²) in [7, 11) is 0. The Morgan fingerprint density at radius 1 is 1.33 bits per heavy atom. The number of nitrogens with one attached hydrogen (secondary N) is 1. The Bertz CT molecular complexity index is 339. The van der Waals surface area contributed by atoms with Crippen molar-refractivity contribution in [1.82, 2.24) is 5.32 Å². The first kappa shape index (κ1) is 14.1. The van der Waals surface area contributed by atoms with Gasteiger partial charge in [-0.25, -0.2) is 0 Å². The van der Waals surface area contributed by atoms with Crippen LogP contribution in [0.5, 0.6) is 0 Å². The predicted molar refractivity (Wildman–Crippen MR) is 81.3 cm³/mol. The molecule has 0 spiro atoms. The van der Waals surface area contributed by atoms with Crippen LogP contribution in [0.25, 0.3) is 0 Å². The lowest BCUT2D eigenvalue weighted by Crippen LogP contribution is -2.21. The highest BCUT2D eigenvalue weighted by Crippen LogP contribution is 2.33. The van der Waals surface area contributed by atoms with Crippen LogP contribution in [0.4, 0.5) is 0 Å². The molecule has 18 heavy (non-hydrogen) atoms. The van der Waals surface area contributed by atoms with Crippen LogP contribution in [0, 0.1) is 12.8 Å². The van der Waals surface area contributed by atoms with Gasteiger partial charge in [0.2, 0.25) is 0 Å². The van der Waals surface area contributed by atoms with E-state index in [0.29, 0.717) is 6.04 Å². The maximum Gasteiger partial charge on any atom is 0.0414 e. The van der Waals surface area contributed by atoms with Gasteiger partial charge in [0.25, 0.3) is 0 Å². The monoisotopic (exact) mass is 265 g/mol. The van der Waals surface area contributed by atoms with Crippen LogP contribution in [0.3, 0.4) is 0 Å². The highest BCUT2D eigenvalue weighted by molar-refractivity contribution is 7.12. The number of rotatable bonds is 7. The molecule has 2 heteroatoms. The molecule has 0 amide bonds. The van der Waals surface area contributed by atoms with E-state index in [1.807, 2.05) is 11.3 Å². The zero-order chi connectivity index (χ0) is 12.8. The molecule has 1 heterocycles. The lowest BCUT2D eigenvalue weighted by molar-refractivity contribution is 0.415. The molecule has 1 saturated carbocycles. The van der Waals surface area contributed by atoms with Gasteiger partial charge in [0.1, 0.15) is 0 Å². The Hall–Kier alpha value is -0.340. The molecular weight excluding hydrogens is 238 g/mol. The van der Waals surface area contributed by atoms with Crippen molar-refractivity contribution in [1.29, 1.82) is 0 Å². The Kier molecular flexibility index (Phi) is 5.71. The summed E-state index contributed by atoms with van der Waals surface area (Å²) < 4.78 is 0. The van der Waals surface area contributed by atoms with Crippen LogP contribution < -0.4 is 5.32 Å². The second-order valence-corrected chi connectivity index (χ2v) is 7.00. The molecule has 1 aliphatic carbocycles. The molecule has 0 radical (unpaired) electrons. The molecule has 1 nitrogen and oxygen atoms in total. The van der Waals surface area contributed by atoms with Gasteiger partial charge in [0, 0.05) is 15.8 Å². The van der Waals surface area contributed by atoms with Gasteiger partial charge in [-0.3, -0.25) is 0 Å². The molecule has 1 aromatic heterocycles. The lowest BCUT2D eigenvalue weighted by Gasteiger charge is -2.19. The molecule has 0 aliphatic heterocycles. The first-order valence-corrected chi connectivity index (χ1v) is 8.41. The third-order valence-corrected chi connectivity index (χ3v) is 5.20. The van der Waals surface area contributed by atoms with Gasteiger partial charge >= 0.3 is 0 Å². The van der Waals surface area contributed by atoms with Crippen LogP contribution in [0.1, 0.15) is 67.7 Å². The minimum Gasteiger partial charge on any atom is -0.309 e. The van der Waals surface area contributed by atoms with E-state index >= 15 is 0 Å². The van der Waals surface area contributed by atoms with Crippen LogP contribution in [0.2, 0.25) is 0 Å². The molecule has 1 N–H and O–H groups in total. The predicted octanol–water partition coefficient (Wildman–Crippen LogP) is 5.07. The average Bonchev–Trinajstić information content (AvgIpc) is 3.01. The Balaban J connectivity index is 1.87. The van der Waals surface area contributed by atoms with Crippen molar-refractivity contribution < 1.29 is 0 Å². The first-order chi connectivity index (χ1) is 8.79. The van der Waals surface area contributed by atoms with E-state index in [4.69, 9.17) is 0 Å². The van der Waals surface area contributed by atoms with Gasteiger partial charge in [0.05, 0.1) is 0 Å². The quantitative estimate of drug-likeness (QED) is 0.726. The normalized spacial score (nSPS) is 18.3. The largest absolute Gasteiger partial charge is 0.309 e. The van der Waals surface area contributed by atoms with Gasteiger partial charge in [0.15, 0.2) is 0 Å². The summed E-state index contributed by atoms with van der Waals surface area (Å²) in [5.41, 5.74) is 0. The van der Waals surface area contributed by atoms with E-state index in [0.717, 1.165) is 12.5 Å². The van der Waals surface area contributed by atoms with Crippen LogP contribution in [-0.4, -0.2) is 6.54 Å². The topological polar surface area (TPSA) is 12.0 Å². The van der Waals surface area contributed by atoms with Crippen molar-refractivity contribution in [3.8, 4) is 0 Å². The van der Waals surface area contributed by atoms with Crippen molar-refractivity contribution in [2.75, 3.05) is 6.54 Å². The maximum absolute atomic E-state index is 3.73. The second-order valence-electron chi connectivity index (χ2n) is 5.68. The Morgan fingerprint density at radius 3 is 2.72 bits per heavy atom.